The van der Waals surface area contributed by atoms with Crippen molar-refractivity contribution in [3.05, 3.63) is 22.4 Å². The lowest BCUT2D eigenvalue weighted by Crippen LogP contribution is -2.57. The first-order chi connectivity index (χ1) is 8.30. The highest BCUT2D eigenvalue weighted by Gasteiger charge is 2.44. The molecule has 1 fully saturated rings. The van der Waals surface area contributed by atoms with Crippen molar-refractivity contribution in [1.82, 2.24) is 5.32 Å². The van der Waals surface area contributed by atoms with E-state index >= 15 is 0 Å². The van der Waals surface area contributed by atoms with Gasteiger partial charge in [0.2, 0.25) is 0 Å². The van der Waals surface area contributed by atoms with Gasteiger partial charge in [-0.05, 0) is 50.1 Å². The normalized spacial score (nSPS) is 19.9. The van der Waals surface area contributed by atoms with Crippen molar-refractivity contribution in [2.75, 3.05) is 13.7 Å². The molecule has 1 aliphatic carbocycles. The molecule has 17 heavy (non-hydrogen) atoms. The van der Waals surface area contributed by atoms with Gasteiger partial charge in [-0.15, -0.1) is 11.3 Å². The Morgan fingerprint density at radius 3 is 2.82 bits per heavy atom. The Kier molecular flexibility index (Phi) is 4.60. The van der Waals surface area contributed by atoms with Crippen LogP contribution in [0.5, 0.6) is 0 Å². The maximum absolute atomic E-state index is 5.82. The molecule has 0 aliphatic heterocycles. The van der Waals surface area contributed by atoms with Crippen molar-refractivity contribution in [2.24, 2.45) is 0 Å². The van der Waals surface area contributed by atoms with Crippen molar-refractivity contribution in [1.29, 1.82) is 0 Å². The van der Waals surface area contributed by atoms with Crippen LogP contribution in [0.25, 0.3) is 0 Å². The Labute approximate surface area is 108 Å². The minimum Gasteiger partial charge on any atom is -0.377 e. The van der Waals surface area contributed by atoms with Crippen molar-refractivity contribution >= 4 is 11.3 Å². The molecule has 2 rings (SSSR count). The smallest absolute Gasteiger partial charge is 0.0834 e. The van der Waals surface area contributed by atoms with E-state index < -0.39 is 0 Å². The van der Waals surface area contributed by atoms with E-state index in [4.69, 9.17) is 4.74 Å². The van der Waals surface area contributed by atoms with Crippen LogP contribution in [0.15, 0.2) is 17.5 Å². The van der Waals surface area contributed by atoms with E-state index in [1.807, 2.05) is 18.4 Å². The van der Waals surface area contributed by atoms with Gasteiger partial charge >= 0.3 is 0 Å². The Hall–Kier alpha value is -0.380. The lowest BCUT2D eigenvalue weighted by Gasteiger charge is -2.47. The zero-order valence-corrected chi connectivity index (χ0v) is 11.7. The number of ether oxygens (including phenoxy) is 1. The second-order valence-corrected chi connectivity index (χ2v) is 5.94. The van der Waals surface area contributed by atoms with Crippen molar-refractivity contribution < 1.29 is 4.74 Å². The molecule has 0 saturated heterocycles. The molecule has 1 saturated carbocycles. The van der Waals surface area contributed by atoms with E-state index in [9.17, 15) is 0 Å². The van der Waals surface area contributed by atoms with Gasteiger partial charge in [-0.3, -0.25) is 0 Å². The molecule has 96 valence electrons. The van der Waals surface area contributed by atoms with Crippen LogP contribution in [0.3, 0.4) is 0 Å². The van der Waals surface area contributed by atoms with Gasteiger partial charge in [0.05, 0.1) is 5.60 Å². The third-order valence-corrected chi connectivity index (χ3v) is 4.77. The van der Waals surface area contributed by atoms with Gasteiger partial charge in [0.15, 0.2) is 0 Å². The van der Waals surface area contributed by atoms with E-state index in [0.717, 1.165) is 13.0 Å². The average Bonchev–Trinajstić information content (AvgIpc) is 2.77. The van der Waals surface area contributed by atoms with Gasteiger partial charge < -0.3 is 10.1 Å². The van der Waals surface area contributed by atoms with Gasteiger partial charge in [0.25, 0.3) is 0 Å². The molecule has 0 amide bonds. The van der Waals surface area contributed by atoms with Crippen LogP contribution in [0.2, 0.25) is 0 Å². The van der Waals surface area contributed by atoms with Crippen molar-refractivity contribution in [3.63, 3.8) is 0 Å². The molecule has 0 radical (unpaired) electrons. The predicted molar refractivity (Wildman–Crippen MR) is 73.7 cm³/mol. The number of hydrogen-bond acceptors (Lipinski definition) is 3. The minimum absolute atomic E-state index is 0.0964. The minimum atomic E-state index is 0.0964. The van der Waals surface area contributed by atoms with Crippen molar-refractivity contribution in [2.45, 2.75) is 50.7 Å². The summed E-state index contributed by atoms with van der Waals surface area (Å²) >= 11 is 1.85. The largest absolute Gasteiger partial charge is 0.377 e. The zero-order valence-electron chi connectivity index (χ0n) is 10.9. The molecular formula is C14H23NOS. The molecule has 0 bridgehead atoms. The molecule has 1 unspecified atom stereocenters. The van der Waals surface area contributed by atoms with Crippen LogP contribution < -0.4 is 5.32 Å². The van der Waals surface area contributed by atoms with E-state index in [0.29, 0.717) is 6.04 Å². The van der Waals surface area contributed by atoms with Gasteiger partial charge in [-0.1, -0.05) is 13.0 Å². The maximum atomic E-state index is 5.82. The molecule has 1 N–H and O–H groups in total. The number of hydrogen-bond donors (Lipinski definition) is 1. The van der Waals surface area contributed by atoms with Crippen LogP contribution in [-0.2, 0) is 11.2 Å². The molecule has 1 heterocycles. The molecule has 0 aromatic carbocycles. The molecule has 1 aromatic heterocycles. The lowest BCUT2D eigenvalue weighted by molar-refractivity contribution is -0.0979. The van der Waals surface area contributed by atoms with Crippen molar-refractivity contribution in [3.8, 4) is 0 Å². The second kappa shape index (κ2) is 5.98. The molecule has 1 aliphatic rings. The van der Waals surface area contributed by atoms with E-state index in [2.05, 4.69) is 29.8 Å². The van der Waals surface area contributed by atoms with E-state index in [1.54, 1.807) is 0 Å². The quantitative estimate of drug-likeness (QED) is 0.805. The van der Waals surface area contributed by atoms with Gasteiger partial charge in [-0.25, -0.2) is 0 Å². The third-order valence-electron chi connectivity index (χ3n) is 3.87. The lowest BCUT2D eigenvalue weighted by atomic mass is 9.73. The van der Waals surface area contributed by atoms with Gasteiger partial charge in [-0.2, -0.15) is 0 Å². The van der Waals surface area contributed by atoms with Crippen LogP contribution in [0, 0.1) is 0 Å². The highest BCUT2D eigenvalue weighted by Crippen LogP contribution is 2.39. The summed E-state index contributed by atoms with van der Waals surface area (Å²) in [5.41, 5.74) is 0.0964. The summed E-state index contributed by atoms with van der Waals surface area (Å²) in [5, 5.41) is 5.84. The van der Waals surface area contributed by atoms with Crippen LogP contribution in [0.4, 0.5) is 0 Å². The molecule has 1 atom stereocenters. The SMILES string of the molecule is CCCNC(Cc1cccs1)C1(OC)CCC1. The monoisotopic (exact) mass is 253 g/mol. The predicted octanol–water partition coefficient (Wildman–Crippen LogP) is 3.23. The third kappa shape index (κ3) is 2.90. The Morgan fingerprint density at radius 2 is 2.35 bits per heavy atom. The first kappa shape index (κ1) is 13.1. The Morgan fingerprint density at radius 1 is 1.53 bits per heavy atom. The zero-order chi connectivity index (χ0) is 12.1. The molecule has 1 aromatic rings. The fraction of sp³-hybridized carbons (Fsp3) is 0.714. The standard InChI is InChI=1S/C14H23NOS/c1-3-9-15-13(11-12-6-4-10-17-12)14(16-2)7-5-8-14/h4,6,10,13,15H,3,5,7-9,11H2,1-2H3. The summed E-state index contributed by atoms with van der Waals surface area (Å²) in [6.07, 6.45) is 6.00. The summed E-state index contributed by atoms with van der Waals surface area (Å²) in [6, 6.07) is 4.84. The molecular weight excluding hydrogens is 230 g/mol. The maximum Gasteiger partial charge on any atom is 0.0834 e. The topological polar surface area (TPSA) is 21.3 Å². The highest BCUT2D eigenvalue weighted by atomic mass is 32.1. The molecule has 2 nitrogen and oxygen atoms in total. The van der Waals surface area contributed by atoms with E-state index in [-0.39, 0.29) is 5.60 Å². The molecule has 0 spiro atoms. The fourth-order valence-corrected chi connectivity index (χ4v) is 3.36. The van der Waals surface area contributed by atoms with Gasteiger partial charge in [0, 0.05) is 18.0 Å². The number of thiophene rings is 1. The number of rotatable bonds is 7. The first-order valence-corrected chi connectivity index (χ1v) is 7.49. The average molecular weight is 253 g/mol. The summed E-state index contributed by atoms with van der Waals surface area (Å²) in [4.78, 5) is 1.46. The number of methoxy groups -OCH3 is 1. The van der Waals surface area contributed by atoms with Crippen LogP contribution in [-0.4, -0.2) is 25.3 Å². The Balaban J connectivity index is 2.02. The van der Waals surface area contributed by atoms with Crippen LogP contribution >= 0.6 is 11.3 Å². The summed E-state index contributed by atoms with van der Waals surface area (Å²) in [6.45, 7) is 3.30. The van der Waals surface area contributed by atoms with Crippen LogP contribution in [0.1, 0.15) is 37.5 Å². The fourth-order valence-electron chi connectivity index (χ4n) is 2.61. The van der Waals surface area contributed by atoms with Gasteiger partial charge in [0.1, 0.15) is 0 Å². The summed E-state index contributed by atoms with van der Waals surface area (Å²) in [5.74, 6) is 0. The molecule has 3 heteroatoms. The highest BCUT2D eigenvalue weighted by molar-refractivity contribution is 7.09. The Bertz CT molecular complexity index is 313. The summed E-state index contributed by atoms with van der Waals surface area (Å²) in [7, 11) is 1.87. The second-order valence-electron chi connectivity index (χ2n) is 4.91. The number of nitrogens with one attached hydrogen (secondary N) is 1. The van der Waals surface area contributed by atoms with E-state index in [1.165, 1.54) is 30.6 Å². The summed E-state index contributed by atoms with van der Waals surface area (Å²) < 4.78 is 5.82. The first-order valence-electron chi connectivity index (χ1n) is 6.61.